The van der Waals surface area contributed by atoms with Crippen LogP contribution in [0, 0.1) is 11.8 Å². The molecule has 1 saturated heterocycles. The van der Waals surface area contributed by atoms with Crippen LogP contribution >= 0.6 is 0 Å². The first kappa shape index (κ1) is 16.3. The van der Waals surface area contributed by atoms with Crippen LogP contribution in [0.25, 0.3) is 0 Å². The highest BCUT2D eigenvalue weighted by molar-refractivity contribution is 5.82. The van der Waals surface area contributed by atoms with Crippen molar-refractivity contribution < 1.29 is 29.0 Å². The number of rotatable bonds is 2. The molecule has 1 heterocycles. The summed E-state index contributed by atoms with van der Waals surface area (Å²) in [6.45, 7) is 5.44. The van der Waals surface area contributed by atoms with E-state index in [-0.39, 0.29) is 19.5 Å². The fourth-order valence-corrected chi connectivity index (χ4v) is 2.13. The summed E-state index contributed by atoms with van der Waals surface area (Å²) in [5.41, 5.74) is -0.644. The molecule has 1 N–H and O–H groups in total. The summed E-state index contributed by atoms with van der Waals surface area (Å²) in [6, 6.07) is 0. The molecule has 1 fully saturated rings. The van der Waals surface area contributed by atoms with E-state index in [0.29, 0.717) is 0 Å². The second-order valence-corrected chi connectivity index (χ2v) is 5.79. The van der Waals surface area contributed by atoms with E-state index in [0.717, 1.165) is 0 Å². The smallest absolute Gasteiger partial charge is 0.410 e. The Hall–Kier alpha value is -1.79. The van der Waals surface area contributed by atoms with Gasteiger partial charge in [0.25, 0.3) is 0 Å². The third kappa shape index (κ3) is 4.11. The van der Waals surface area contributed by atoms with E-state index in [1.54, 1.807) is 20.8 Å². The van der Waals surface area contributed by atoms with E-state index >= 15 is 0 Å². The summed E-state index contributed by atoms with van der Waals surface area (Å²) in [4.78, 5) is 36.1. The maximum Gasteiger partial charge on any atom is 0.410 e. The van der Waals surface area contributed by atoms with Gasteiger partial charge in [-0.05, 0) is 27.2 Å². The number of esters is 1. The first-order valence-electron chi connectivity index (χ1n) is 6.44. The molecule has 0 aromatic heterocycles. The minimum Gasteiger partial charge on any atom is -0.481 e. The van der Waals surface area contributed by atoms with Crippen molar-refractivity contribution in [2.75, 3.05) is 20.2 Å². The topological polar surface area (TPSA) is 93.1 Å². The fraction of sp³-hybridized carbons (Fsp3) is 0.769. The second kappa shape index (κ2) is 6.11. The molecule has 0 unspecified atom stereocenters. The van der Waals surface area contributed by atoms with Crippen molar-refractivity contribution in [3.05, 3.63) is 0 Å². The molecule has 1 amide bonds. The molecule has 0 saturated carbocycles. The van der Waals surface area contributed by atoms with E-state index in [1.807, 2.05) is 0 Å². The molecule has 0 spiro atoms. The van der Waals surface area contributed by atoms with Crippen molar-refractivity contribution in [1.82, 2.24) is 4.90 Å². The number of carbonyl (C=O) groups is 3. The minimum absolute atomic E-state index is 0.0516. The van der Waals surface area contributed by atoms with Gasteiger partial charge in [-0.15, -0.1) is 0 Å². The number of carboxylic acid groups (broad SMARTS) is 1. The monoisotopic (exact) mass is 287 g/mol. The van der Waals surface area contributed by atoms with Gasteiger partial charge in [0, 0.05) is 13.1 Å². The number of aliphatic carboxylic acids is 1. The summed E-state index contributed by atoms with van der Waals surface area (Å²) in [5.74, 6) is -3.37. The zero-order valence-electron chi connectivity index (χ0n) is 12.2. The Kier molecular flexibility index (Phi) is 4.97. The summed E-state index contributed by atoms with van der Waals surface area (Å²) in [7, 11) is 1.22. The molecule has 0 aliphatic carbocycles. The second-order valence-electron chi connectivity index (χ2n) is 5.79. The predicted octanol–water partition coefficient (Wildman–Crippen LogP) is 1.12. The maximum absolute atomic E-state index is 11.9. The predicted molar refractivity (Wildman–Crippen MR) is 69.1 cm³/mol. The van der Waals surface area contributed by atoms with Gasteiger partial charge in [-0.1, -0.05) is 0 Å². The highest BCUT2D eigenvalue weighted by Crippen LogP contribution is 2.26. The van der Waals surface area contributed by atoms with Crippen molar-refractivity contribution in [3.8, 4) is 0 Å². The van der Waals surface area contributed by atoms with Gasteiger partial charge in [-0.25, -0.2) is 4.79 Å². The Balaban J connectivity index is 2.76. The van der Waals surface area contributed by atoms with Crippen LogP contribution in [0.4, 0.5) is 4.79 Å². The standard InChI is InChI=1S/C13H21NO6/c1-13(2,3)20-12(18)14-6-5-8(11(17)19-4)9(7-14)10(15)16/h8-9H,5-7H2,1-4H3,(H,15,16)/t8-,9+/m1/s1. The molecule has 0 aromatic rings. The van der Waals surface area contributed by atoms with Crippen molar-refractivity contribution >= 4 is 18.0 Å². The van der Waals surface area contributed by atoms with Crippen molar-refractivity contribution in [2.45, 2.75) is 32.8 Å². The van der Waals surface area contributed by atoms with Gasteiger partial charge in [0.2, 0.25) is 0 Å². The largest absolute Gasteiger partial charge is 0.481 e. The van der Waals surface area contributed by atoms with Gasteiger partial charge in [0.15, 0.2) is 0 Å². The van der Waals surface area contributed by atoms with E-state index in [4.69, 9.17) is 4.74 Å². The van der Waals surface area contributed by atoms with E-state index < -0.39 is 35.5 Å². The third-order valence-electron chi connectivity index (χ3n) is 3.09. The van der Waals surface area contributed by atoms with Crippen LogP contribution in [0.1, 0.15) is 27.2 Å². The van der Waals surface area contributed by atoms with Crippen molar-refractivity contribution in [2.24, 2.45) is 11.8 Å². The normalized spacial score (nSPS) is 23.1. The van der Waals surface area contributed by atoms with Crippen molar-refractivity contribution in [1.29, 1.82) is 0 Å². The molecule has 1 rings (SSSR count). The lowest BCUT2D eigenvalue weighted by Gasteiger charge is -2.35. The number of amides is 1. The van der Waals surface area contributed by atoms with Crippen LogP contribution < -0.4 is 0 Å². The summed E-state index contributed by atoms with van der Waals surface area (Å²) in [5, 5.41) is 9.20. The quantitative estimate of drug-likeness (QED) is 0.765. The Bertz CT molecular complexity index is 400. The van der Waals surface area contributed by atoms with Gasteiger partial charge in [-0.3, -0.25) is 9.59 Å². The highest BCUT2D eigenvalue weighted by atomic mass is 16.6. The zero-order valence-corrected chi connectivity index (χ0v) is 12.2. The number of nitrogens with zero attached hydrogens (tertiary/aromatic N) is 1. The molecule has 0 radical (unpaired) electrons. The Labute approximate surface area is 117 Å². The first-order valence-corrected chi connectivity index (χ1v) is 6.44. The SMILES string of the molecule is COC(=O)[C@@H]1CCN(C(=O)OC(C)(C)C)C[C@@H]1C(=O)O. The number of hydrogen-bond acceptors (Lipinski definition) is 5. The van der Waals surface area contributed by atoms with Crippen LogP contribution in [0.5, 0.6) is 0 Å². The molecule has 0 bridgehead atoms. The number of likely N-dealkylation sites (tertiary alicyclic amines) is 1. The van der Waals surface area contributed by atoms with Gasteiger partial charge in [0.1, 0.15) is 5.60 Å². The molecule has 114 valence electrons. The van der Waals surface area contributed by atoms with Crippen LogP contribution in [-0.2, 0) is 19.1 Å². The van der Waals surface area contributed by atoms with E-state index in [9.17, 15) is 19.5 Å². The number of carbonyl (C=O) groups excluding carboxylic acids is 2. The van der Waals surface area contributed by atoms with E-state index in [1.165, 1.54) is 12.0 Å². The fourth-order valence-electron chi connectivity index (χ4n) is 2.13. The molecule has 1 aliphatic heterocycles. The zero-order chi connectivity index (χ0) is 15.5. The van der Waals surface area contributed by atoms with Crippen LogP contribution in [0.2, 0.25) is 0 Å². The minimum atomic E-state index is -1.12. The lowest BCUT2D eigenvalue weighted by atomic mass is 9.85. The molecule has 2 atom stereocenters. The van der Waals surface area contributed by atoms with Gasteiger partial charge in [-0.2, -0.15) is 0 Å². The lowest BCUT2D eigenvalue weighted by Crippen LogP contribution is -2.50. The third-order valence-corrected chi connectivity index (χ3v) is 3.09. The van der Waals surface area contributed by atoms with Crippen LogP contribution in [-0.4, -0.2) is 53.8 Å². The summed E-state index contributed by atoms with van der Waals surface area (Å²) in [6.07, 6.45) is -0.310. The average Bonchev–Trinajstić information content (AvgIpc) is 2.35. The number of methoxy groups -OCH3 is 1. The number of carboxylic acids is 1. The highest BCUT2D eigenvalue weighted by Gasteiger charge is 2.41. The molecule has 1 aliphatic rings. The number of hydrogen-bond donors (Lipinski definition) is 1. The summed E-state index contributed by atoms with van der Waals surface area (Å²) >= 11 is 0. The lowest BCUT2D eigenvalue weighted by molar-refractivity contribution is -0.158. The first-order chi connectivity index (χ1) is 9.15. The van der Waals surface area contributed by atoms with Crippen LogP contribution in [0.3, 0.4) is 0 Å². The van der Waals surface area contributed by atoms with Crippen molar-refractivity contribution in [3.63, 3.8) is 0 Å². The van der Waals surface area contributed by atoms with Crippen LogP contribution in [0.15, 0.2) is 0 Å². The maximum atomic E-state index is 11.9. The van der Waals surface area contributed by atoms with Gasteiger partial charge < -0.3 is 19.5 Å². The van der Waals surface area contributed by atoms with Gasteiger partial charge >= 0.3 is 18.0 Å². The Morgan fingerprint density at radius 3 is 2.25 bits per heavy atom. The molecular weight excluding hydrogens is 266 g/mol. The molecule has 0 aromatic carbocycles. The Morgan fingerprint density at radius 2 is 1.80 bits per heavy atom. The molecular formula is C13H21NO6. The number of piperidine rings is 1. The molecule has 7 heteroatoms. The average molecular weight is 287 g/mol. The van der Waals surface area contributed by atoms with Gasteiger partial charge in [0.05, 0.1) is 18.9 Å². The Morgan fingerprint density at radius 1 is 1.20 bits per heavy atom. The molecule has 7 nitrogen and oxygen atoms in total. The summed E-state index contributed by atoms with van der Waals surface area (Å²) < 4.78 is 9.81. The number of ether oxygens (including phenoxy) is 2. The van der Waals surface area contributed by atoms with E-state index in [2.05, 4.69) is 4.74 Å². The molecule has 20 heavy (non-hydrogen) atoms.